The third kappa shape index (κ3) is 8.62. The zero-order valence-electron chi connectivity index (χ0n) is 23.1. The molecule has 2 aromatic heterocycles. The highest BCUT2D eigenvalue weighted by Gasteiger charge is 2.25. The Kier molecular flexibility index (Phi) is 8.89. The van der Waals surface area contributed by atoms with Crippen LogP contribution in [0.3, 0.4) is 0 Å². The van der Waals surface area contributed by atoms with Crippen LogP contribution in [-0.4, -0.2) is 73.0 Å². The Morgan fingerprint density at radius 1 is 1.12 bits per heavy atom. The fourth-order valence-electron chi connectivity index (χ4n) is 4.15. The van der Waals surface area contributed by atoms with Gasteiger partial charge in [-0.05, 0) is 36.2 Å². The van der Waals surface area contributed by atoms with Crippen molar-refractivity contribution in [3.8, 4) is 5.75 Å². The molecule has 11 nitrogen and oxygen atoms in total. The molecular formula is C28H35N5O6S. The SMILES string of the molecule is CC(C)(C)c1cc(NC(=O)Nc2ccc(CC(=O)c3ccc(OC4CCN(CCS(C)(=O)=O)C4)cn3)cc2)no1. The van der Waals surface area contributed by atoms with Gasteiger partial charge >= 0.3 is 6.03 Å². The molecule has 214 valence electrons. The summed E-state index contributed by atoms with van der Waals surface area (Å²) in [5, 5.41) is 9.24. The Morgan fingerprint density at radius 3 is 2.50 bits per heavy atom. The van der Waals surface area contributed by atoms with E-state index in [-0.39, 0.29) is 29.5 Å². The molecule has 0 saturated carbocycles. The molecule has 1 fully saturated rings. The minimum atomic E-state index is -2.99. The van der Waals surface area contributed by atoms with Crippen LogP contribution in [-0.2, 0) is 21.7 Å². The van der Waals surface area contributed by atoms with Crippen molar-refractivity contribution in [2.24, 2.45) is 0 Å². The van der Waals surface area contributed by atoms with Gasteiger partial charge < -0.3 is 14.6 Å². The number of rotatable bonds is 10. The van der Waals surface area contributed by atoms with Gasteiger partial charge in [-0.25, -0.2) is 18.2 Å². The van der Waals surface area contributed by atoms with Crippen LogP contribution in [0.15, 0.2) is 53.2 Å². The molecular weight excluding hydrogens is 534 g/mol. The number of likely N-dealkylation sites (tertiary alicyclic amines) is 1. The van der Waals surface area contributed by atoms with E-state index < -0.39 is 15.9 Å². The molecule has 1 unspecified atom stereocenters. The minimum absolute atomic E-state index is 0.0472. The first-order chi connectivity index (χ1) is 18.8. The number of carbonyl (C=O) groups is 2. The lowest BCUT2D eigenvalue weighted by atomic mass is 9.93. The van der Waals surface area contributed by atoms with Gasteiger partial charge in [-0.2, -0.15) is 0 Å². The van der Waals surface area contributed by atoms with Gasteiger partial charge in [-0.3, -0.25) is 15.0 Å². The third-order valence-corrected chi connectivity index (χ3v) is 7.32. The largest absolute Gasteiger partial charge is 0.487 e. The lowest BCUT2D eigenvalue weighted by Gasteiger charge is -2.16. The number of amides is 2. The van der Waals surface area contributed by atoms with Crippen LogP contribution >= 0.6 is 0 Å². The topological polar surface area (TPSA) is 144 Å². The second-order valence-corrected chi connectivity index (χ2v) is 13.3. The molecule has 1 aliphatic heterocycles. The number of hydrogen-bond donors (Lipinski definition) is 2. The number of benzene rings is 1. The number of aromatic nitrogens is 2. The second kappa shape index (κ2) is 12.2. The van der Waals surface area contributed by atoms with Crippen LogP contribution in [0.2, 0.25) is 0 Å². The predicted octanol–water partition coefficient (Wildman–Crippen LogP) is 3.93. The number of hydrogen-bond acceptors (Lipinski definition) is 9. The summed E-state index contributed by atoms with van der Waals surface area (Å²) in [6, 6.07) is 11.6. The Hall–Kier alpha value is -3.77. The van der Waals surface area contributed by atoms with E-state index in [2.05, 4.69) is 25.7 Å². The molecule has 4 rings (SSSR count). The smallest absolute Gasteiger partial charge is 0.324 e. The van der Waals surface area contributed by atoms with Gasteiger partial charge in [-0.1, -0.05) is 38.1 Å². The quantitative estimate of drug-likeness (QED) is 0.347. The van der Waals surface area contributed by atoms with Gasteiger partial charge in [0.2, 0.25) is 0 Å². The molecule has 3 aromatic rings. The van der Waals surface area contributed by atoms with E-state index >= 15 is 0 Å². The Morgan fingerprint density at radius 2 is 1.88 bits per heavy atom. The molecule has 0 bridgehead atoms. The van der Waals surface area contributed by atoms with Crippen molar-refractivity contribution in [2.75, 3.05) is 42.3 Å². The van der Waals surface area contributed by atoms with Crippen LogP contribution < -0.4 is 15.4 Å². The number of urea groups is 1. The molecule has 2 N–H and O–H groups in total. The van der Waals surface area contributed by atoms with Gasteiger partial charge in [-0.15, -0.1) is 0 Å². The summed E-state index contributed by atoms with van der Waals surface area (Å²) in [6.45, 7) is 7.89. The van der Waals surface area contributed by atoms with Crippen molar-refractivity contribution in [2.45, 2.75) is 45.1 Å². The van der Waals surface area contributed by atoms with Gasteiger partial charge in [0.25, 0.3) is 0 Å². The average molecular weight is 570 g/mol. The van der Waals surface area contributed by atoms with E-state index in [1.165, 1.54) is 12.5 Å². The molecule has 1 saturated heterocycles. The van der Waals surface area contributed by atoms with Crippen LogP contribution in [0.4, 0.5) is 16.3 Å². The first-order valence-electron chi connectivity index (χ1n) is 13.0. The molecule has 1 atom stereocenters. The highest BCUT2D eigenvalue weighted by molar-refractivity contribution is 7.90. The molecule has 3 heterocycles. The van der Waals surface area contributed by atoms with Crippen molar-refractivity contribution < 1.29 is 27.3 Å². The van der Waals surface area contributed by atoms with E-state index in [1.807, 2.05) is 20.8 Å². The molecule has 1 aromatic carbocycles. The Balaban J connectivity index is 1.23. The maximum atomic E-state index is 12.7. The number of anilines is 2. The fraction of sp³-hybridized carbons (Fsp3) is 0.429. The second-order valence-electron chi connectivity index (χ2n) is 11.0. The van der Waals surface area contributed by atoms with Gasteiger partial charge in [0.1, 0.15) is 33.1 Å². The molecule has 2 amide bonds. The normalized spacial score (nSPS) is 16.1. The maximum absolute atomic E-state index is 12.7. The zero-order valence-corrected chi connectivity index (χ0v) is 24.0. The van der Waals surface area contributed by atoms with Gasteiger partial charge in [0, 0.05) is 49.5 Å². The van der Waals surface area contributed by atoms with Crippen molar-refractivity contribution >= 4 is 33.2 Å². The monoisotopic (exact) mass is 569 g/mol. The van der Waals surface area contributed by atoms with Crippen molar-refractivity contribution in [1.29, 1.82) is 0 Å². The van der Waals surface area contributed by atoms with Crippen LogP contribution in [0.5, 0.6) is 5.75 Å². The number of sulfone groups is 1. The predicted molar refractivity (Wildman–Crippen MR) is 152 cm³/mol. The summed E-state index contributed by atoms with van der Waals surface area (Å²) in [5.74, 6) is 1.55. The highest BCUT2D eigenvalue weighted by Crippen LogP contribution is 2.24. The average Bonchev–Trinajstić information content (AvgIpc) is 3.53. The zero-order chi connectivity index (χ0) is 28.9. The summed E-state index contributed by atoms with van der Waals surface area (Å²) < 4.78 is 34.0. The lowest BCUT2D eigenvalue weighted by Crippen LogP contribution is -2.29. The first-order valence-corrected chi connectivity index (χ1v) is 15.1. The first kappa shape index (κ1) is 29.2. The number of nitrogens with zero attached hydrogens (tertiary/aromatic N) is 3. The molecule has 0 spiro atoms. The fourth-order valence-corrected chi connectivity index (χ4v) is 4.74. The number of Topliss-reactive ketones (excluding diaryl/α,β-unsaturated/α-hetero) is 1. The van der Waals surface area contributed by atoms with Crippen LogP contribution in [0.25, 0.3) is 0 Å². The molecule has 12 heteroatoms. The Labute approximate surface area is 234 Å². The van der Waals surface area contributed by atoms with Crippen molar-refractivity contribution in [3.63, 3.8) is 0 Å². The number of ketones is 1. The van der Waals surface area contributed by atoms with Gasteiger partial charge in [0.05, 0.1) is 11.9 Å². The summed E-state index contributed by atoms with van der Waals surface area (Å²) >= 11 is 0. The minimum Gasteiger partial charge on any atom is -0.487 e. The number of ether oxygens (including phenoxy) is 1. The van der Waals surface area contributed by atoms with E-state index in [1.54, 1.807) is 42.5 Å². The molecule has 40 heavy (non-hydrogen) atoms. The summed E-state index contributed by atoms with van der Waals surface area (Å²) in [4.78, 5) is 31.4. The maximum Gasteiger partial charge on any atom is 0.324 e. The van der Waals surface area contributed by atoms with Gasteiger partial charge in [0.15, 0.2) is 11.6 Å². The standard InChI is InChI=1S/C28H35N5O6S/c1-28(2,3)25-16-26(32-39-25)31-27(35)30-20-7-5-19(6-8-20)15-24(34)23-10-9-21(17-29-23)38-22-11-12-33(18-22)13-14-40(4,36)37/h5-10,16-17,22H,11-15,18H2,1-4H3,(H2,30,31,32,35). The summed E-state index contributed by atoms with van der Waals surface area (Å²) in [5.41, 5.74) is 1.46. The third-order valence-electron chi connectivity index (χ3n) is 6.40. The molecule has 0 radical (unpaired) electrons. The van der Waals surface area contributed by atoms with E-state index in [4.69, 9.17) is 9.26 Å². The Bertz CT molecular complexity index is 1430. The van der Waals surface area contributed by atoms with Crippen molar-refractivity contribution in [1.82, 2.24) is 15.0 Å². The van der Waals surface area contributed by atoms with E-state index in [0.29, 0.717) is 41.8 Å². The van der Waals surface area contributed by atoms with Crippen molar-refractivity contribution in [3.05, 3.63) is 65.7 Å². The number of carbonyl (C=O) groups excluding carboxylic acids is 2. The number of pyridine rings is 1. The van der Waals surface area contributed by atoms with E-state index in [0.717, 1.165) is 18.5 Å². The highest BCUT2D eigenvalue weighted by atomic mass is 32.2. The molecule has 0 aliphatic carbocycles. The lowest BCUT2D eigenvalue weighted by molar-refractivity contribution is 0.0988. The molecule has 1 aliphatic rings. The van der Waals surface area contributed by atoms with E-state index in [9.17, 15) is 18.0 Å². The summed E-state index contributed by atoms with van der Waals surface area (Å²) in [6.07, 6.45) is 3.69. The summed E-state index contributed by atoms with van der Waals surface area (Å²) in [7, 11) is -2.99. The van der Waals surface area contributed by atoms with Crippen LogP contribution in [0.1, 0.15) is 49.0 Å². The number of nitrogens with one attached hydrogen (secondary N) is 2. The van der Waals surface area contributed by atoms with Crippen LogP contribution in [0, 0.1) is 0 Å².